The summed E-state index contributed by atoms with van der Waals surface area (Å²) in [6.07, 6.45) is 2.16. The molecule has 0 bridgehead atoms. The van der Waals surface area contributed by atoms with E-state index in [0.29, 0.717) is 40.9 Å². The van der Waals surface area contributed by atoms with Crippen molar-refractivity contribution >= 4 is 34.1 Å². The first-order valence-corrected chi connectivity index (χ1v) is 13.3. The summed E-state index contributed by atoms with van der Waals surface area (Å²) in [4.78, 5) is 14.1. The van der Waals surface area contributed by atoms with Crippen molar-refractivity contribution in [2.75, 3.05) is 33.8 Å². The Labute approximate surface area is 235 Å². The van der Waals surface area contributed by atoms with Crippen molar-refractivity contribution in [3.05, 3.63) is 72.6 Å². The summed E-state index contributed by atoms with van der Waals surface area (Å²) in [5.41, 5.74) is 7.98. The number of para-hydroxylation sites is 1. The third-order valence-electron chi connectivity index (χ3n) is 6.56. The maximum Gasteiger partial charge on any atom is 0.283 e. The van der Waals surface area contributed by atoms with Crippen LogP contribution in [0.2, 0.25) is 0 Å². The van der Waals surface area contributed by atoms with Crippen LogP contribution in [0.5, 0.6) is 23.0 Å². The van der Waals surface area contributed by atoms with Crippen molar-refractivity contribution in [1.82, 2.24) is 4.37 Å². The number of hydrogen-bond acceptors (Lipinski definition) is 8. The van der Waals surface area contributed by atoms with E-state index >= 15 is 0 Å². The summed E-state index contributed by atoms with van der Waals surface area (Å²) in [6, 6.07) is 18.5. The summed E-state index contributed by atoms with van der Waals surface area (Å²) in [5, 5.41) is 3.98. The highest BCUT2D eigenvalue weighted by Gasteiger charge is 2.23. The smallest absolute Gasteiger partial charge is 0.283 e. The lowest BCUT2D eigenvalue weighted by atomic mass is 10.0. The average Bonchev–Trinajstić information content (AvgIpc) is 3.63. The van der Waals surface area contributed by atoms with Crippen LogP contribution in [0.15, 0.2) is 71.3 Å². The topological polar surface area (TPSA) is 120 Å². The van der Waals surface area contributed by atoms with Gasteiger partial charge in [0.1, 0.15) is 17.1 Å². The van der Waals surface area contributed by atoms with E-state index < -0.39 is 6.04 Å². The van der Waals surface area contributed by atoms with Gasteiger partial charge in [-0.05, 0) is 53.5 Å². The maximum absolute atomic E-state index is 13.2. The van der Waals surface area contributed by atoms with Gasteiger partial charge < -0.3 is 34.4 Å². The molecule has 1 atom stereocenters. The van der Waals surface area contributed by atoms with Gasteiger partial charge >= 0.3 is 0 Å². The SMILES string of the molecule is COc1ccc(-c2cnsc2-c2cc(OC)c(OC)c(OC)c2)cc1NC(=O)[C@@H]([NH3+])Cc1cc2ccccc2o1. The van der Waals surface area contributed by atoms with Crippen LogP contribution < -0.4 is 30.0 Å². The zero-order valence-corrected chi connectivity index (χ0v) is 23.5. The first-order chi connectivity index (χ1) is 19.4. The molecular weight excluding hydrogens is 530 g/mol. The minimum atomic E-state index is -0.577. The largest absolute Gasteiger partial charge is 0.495 e. The van der Waals surface area contributed by atoms with E-state index in [-0.39, 0.29) is 5.91 Å². The van der Waals surface area contributed by atoms with Crippen LogP contribution in [0, 0.1) is 0 Å². The van der Waals surface area contributed by atoms with Crippen LogP contribution >= 0.6 is 11.5 Å². The highest BCUT2D eigenvalue weighted by Crippen LogP contribution is 2.45. The first kappa shape index (κ1) is 27.0. The van der Waals surface area contributed by atoms with Gasteiger partial charge in [0.05, 0.1) is 45.4 Å². The van der Waals surface area contributed by atoms with Crippen molar-refractivity contribution in [3.8, 4) is 44.6 Å². The Kier molecular flexibility index (Phi) is 7.90. The Balaban J connectivity index is 1.42. The molecule has 0 aliphatic carbocycles. The molecule has 9 nitrogen and oxygen atoms in total. The molecule has 5 rings (SSSR count). The van der Waals surface area contributed by atoms with Gasteiger partial charge in [0.2, 0.25) is 5.75 Å². The monoisotopic (exact) mass is 560 g/mol. The number of aromatic nitrogens is 1. The molecule has 5 aromatic rings. The highest BCUT2D eigenvalue weighted by atomic mass is 32.1. The molecular formula is C30H30N3O6S+. The first-order valence-electron chi connectivity index (χ1n) is 12.5. The summed E-state index contributed by atoms with van der Waals surface area (Å²) < 4.78 is 32.4. The van der Waals surface area contributed by atoms with E-state index in [9.17, 15) is 4.79 Å². The molecule has 2 heterocycles. The number of methoxy groups -OCH3 is 4. The van der Waals surface area contributed by atoms with Gasteiger partial charge in [0, 0.05) is 22.7 Å². The molecule has 1 amide bonds. The molecule has 0 radical (unpaired) electrons. The van der Waals surface area contributed by atoms with Crippen molar-refractivity contribution in [1.29, 1.82) is 0 Å². The highest BCUT2D eigenvalue weighted by molar-refractivity contribution is 7.10. The van der Waals surface area contributed by atoms with Gasteiger partial charge in [-0.15, -0.1) is 0 Å². The summed E-state index contributed by atoms with van der Waals surface area (Å²) in [6.45, 7) is 0. The van der Waals surface area contributed by atoms with Crippen molar-refractivity contribution < 1.29 is 33.9 Å². The van der Waals surface area contributed by atoms with Crippen molar-refractivity contribution in [3.63, 3.8) is 0 Å². The number of quaternary nitrogens is 1. The molecule has 0 aliphatic heterocycles. The number of fused-ring (bicyclic) bond motifs is 1. The van der Waals surface area contributed by atoms with Crippen LogP contribution in [0.25, 0.3) is 32.5 Å². The van der Waals surface area contributed by atoms with E-state index in [1.807, 2.05) is 60.7 Å². The number of benzene rings is 3. The Bertz CT molecular complexity index is 1600. The maximum atomic E-state index is 13.2. The van der Waals surface area contributed by atoms with Gasteiger partial charge in [-0.2, -0.15) is 4.37 Å². The van der Waals surface area contributed by atoms with Crippen LogP contribution in [-0.2, 0) is 11.2 Å². The van der Waals surface area contributed by atoms with Gasteiger partial charge in [0.15, 0.2) is 17.5 Å². The molecule has 3 aromatic carbocycles. The van der Waals surface area contributed by atoms with E-state index in [2.05, 4.69) is 15.4 Å². The molecule has 206 valence electrons. The molecule has 0 saturated heterocycles. The number of ether oxygens (including phenoxy) is 4. The lowest BCUT2D eigenvalue weighted by molar-refractivity contribution is -0.402. The minimum absolute atomic E-state index is 0.246. The number of nitrogens with zero attached hydrogens (tertiary/aromatic N) is 1. The predicted octanol–water partition coefficient (Wildman–Crippen LogP) is 5.05. The third kappa shape index (κ3) is 5.31. The second-order valence-corrected chi connectivity index (χ2v) is 9.84. The Hall–Kier alpha value is -4.54. The number of hydrogen-bond donors (Lipinski definition) is 2. The molecule has 10 heteroatoms. The Morgan fingerprint density at radius 3 is 2.33 bits per heavy atom. The van der Waals surface area contributed by atoms with Crippen molar-refractivity contribution in [2.24, 2.45) is 0 Å². The Morgan fingerprint density at radius 1 is 0.925 bits per heavy atom. The molecule has 0 unspecified atom stereocenters. The quantitative estimate of drug-likeness (QED) is 0.245. The Morgan fingerprint density at radius 2 is 1.65 bits per heavy atom. The van der Waals surface area contributed by atoms with Gasteiger partial charge in [-0.25, -0.2) is 0 Å². The molecule has 0 saturated carbocycles. The molecule has 0 aliphatic rings. The fourth-order valence-electron chi connectivity index (χ4n) is 4.55. The molecule has 40 heavy (non-hydrogen) atoms. The summed E-state index contributed by atoms with van der Waals surface area (Å²) in [7, 11) is 6.29. The van der Waals surface area contributed by atoms with E-state index in [0.717, 1.165) is 32.5 Å². The standard InChI is InChI=1S/C30H29N3O6S/c1-35-25-10-9-17(21-16-32-40-29(21)19-13-26(36-2)28(38-4)27(14-19)37-3)12-23(25)33-30(34)22(31)15-20-11-18-7-5-6-8-24(18)39-20/h5-14,16,22H,15,31H2,1-4H3,(H,33,34)/p+1/t22-/m0/s1. The van der Waals surface area contributed by atoms with Crippen LogP contribution in [0.4, 0.5) is 5.69 Å². The minimum Gasteiger partial charge on any atom is -0.495 e. The van der Waals surface area contributed by atoms with Crippen LogP contribution in [0.3, 0.4) is 0 Å². The fraction of sp³-hybridized carbons (Fsp3) is 0.200. The molecule has 0 fully saturated rings. The number of nitrogens with one attached hydrogen (secondary N) is 1. The van der Waals surface area contributed by atoms with E-state index in [1.165, 1.54) is 11.5 Å². The predicted molar refractivity (Wildman–Crippen MR) is 154 cm³/mol. The number of anilines is 1. The number of furan rings is 1. The number of carbonyl (C=O) groups excluding carboxylic acids is 1. The zero-order valence-electron chi connectivity index (χ0n) is 22.6. The second-order valence-electron chi connectivity index (χ2n) is 9.04. The molecule has 4 N–H and O–H groups in total. The van der Waals surface area contributed by atoms with Crippen molar-refractivity contribution in [2.45, 2.75) is 12.5 Å². The van der Waals surface area contributed by atoms with E-state index in [4.69, 9.17) is 23.4 Å². The molecule has 2 aromatic heterocycles. The number of amides is 1. The lowest BCUT2D eigenvalue weighted by Crippen LogP contribution is -2.67. The van der Waals surface area contributed by atoms with Gasteiger partial charge in [0.25, 0.3) is 5.91 Å². The average molecular weight is 561 g/mol. The van der Waals surface area contributed by atoms with Gasteiger partial charge in [-0.3, -0.25) is 4.79 Å². The van der Waals surface area contributed by atoms with Crippen LogP contribution in [-0.4, -0.2) is 44.8 Å². The third-order valence-corrected chi connectivity index (χ3v) is 7.41. The van der Waals surface area contributed by atoms with Gasteiger partial charge in [-0.1, -0.05) is 24.3 Å². The second kappa shape index (κ2) is 11.7. The summed E-state index contributed by atoms with van der Waals surface area (Å²) >= 11 is 1.35. The number of rotatable bonds is 10. The lowest BCUT2D eigenvalue weighted by Gasteiger charge is -2.15. The fourth-order valence-corrected chi connectivity index (χ4v) is 5.30. The molecule has 0 spiro atoms. The van der Waals surface area contributed by atoms with Crippen LogP contribution in [0.1, 0.15) is 5.76 Å². The normalized spacial score (nSPS) is 11.7. The zero-order chi connectivity index (χ0) is 28.2. The van der Waals surface area contributed by atoms with E-state index in [1.54, 1.807) is 34.6 Å². The summed E-state index contributed by atoms with van der Waals surface area (Å²) in [5.74, 6) is 2.60. The number of carbonyl (C=O) groups is 1.